The van der Waals surface area contributed by atoms with Crippen LogP contribution in [0.3, 0.4) is 0 Å². The van der Waals surface area contributed by atoms with E-state index in [0.29, 0.717) is 18.5 Å². The molecule has 1 atom stereocenters. The van der Waals surface area contributed by atoms with E-state index in [2.05, 4.69) is 36.0 Å². The summed E-state index contributed by atoms with van der Waals surface area (Å²) >= 11 is 0. The lowest BCUT2D eigenvalue weighted by atomic mass is 9.90. The van der Waals surface area contributed by atoms with Gasteiger partial charge in [-0.3, -0.25) is 9.69 Å². The van der Waals surface area contributed by atoms with Gasteiger partial charge in [0.15, 0.2) is 0 Å². The number of piperazine rings is 1. The Labute approximate surface area is 169 Å². The van der Waals surface area contributed by atoms with Crippen molar-refractivity contribution in [3.8, 4) is 0 Å². The quantitative estimate of drug-likeness (QED) is 0.802. The first-order valence-corrected chi connectivity index (χ1v) is 10.4. The molecule has 1 heterocycles. The summed E-state index contributed by atoms with van der Waals surface area (Å²) in [6.45, 7) is 9.51. The van der Waals surface area contributed by atoms with E-state index in [1.807, 2.05) is 60.7 Å². The molecule has 1 unspecified atom stereocenters. The molecule has 1 amide bonds. The SMILES string of the molecule is CC(C)C(CNC(=O)C(c1ccccc1)c1ccccc1)N1CCN(C)CC1. The Kier molecular flexibility index (Phi) is 7.24. The minimum Gasteiger partial charge on any atom is -0.354 e. The van der Waals surface area contributed by atoms with Crippen LogP contribution in [0.4, 0.5) is 0 Å². The maximum atomic E-state index is 13.3. The number of carbonyl (C=O) groups is 1. The molecule has 0 saturated carbocycles. The van der Waals surface area contributed by atoms with E-state index >= 15 is 0 Å². The maximum absolute atomic E-state index is 13.3. The number of nitrogens with one attached hydrogen (secondary N) is 1. The summed E-state index contributed by atoms with van der Waals surface area (Å²) in [6, 6.07) is 20.5. The van der Waals surface area contributed by atoms with Crippen LogP contribution in [0.25, 0.3) is 0 Å². The van der Waals surface area contributed by atoms with Crippen LogP contribution in [-0.2, 0) is 4.79 Å². The molecule has 0 radical (unpaired) electrons. The number of rotatable bonds is 7. The molecule has 1 fully saturated rings. The van der Waals surface area contributed by atoms with Crippen LogP contribution in [0.15, 0.2) is 60.7 Å². The van der Waals surface area contributed by atoms with Crippen LogP contribution in [0.2, 0.25) is 0 Å². The highest BCUT2D eigenvalue weighted by Crippen LogP contribution is 2.25. The molecule has 0 bridgehead atoms. The second kappa shape index (κ2) is 9.85. The smallest absolute Gasteiger partial charge is 0.232 e. The third-order valence-corrected chi connectivity index (χ3v) is 5.79. The Morgan fingerprint density at radius 3 is 1.86 bits per heavy atom. The van der Waals surface area contributed by atoms with Gasteiger partial charge in [-0.1, -0.05) is 74.5 Å². The first-order valence-electron chi connectivity index (χ1n) is 10.4. The van der Waals surface area contributed by atoms with Gasteiger partial charge in [0.05, 0.1) is 5.92 Å². The molecule has 2 aromatic carbocycles. The minimum atomic E-state index is -0.275. The Balaban J connectivity index is 1.72. The van der Waals surface area contributed by atoms with Gasteiger partial charge in [0.2, 0.25) is 5.91 Å². The summed E-state index contributed by atoms with van der Waals surface area (Å²) in [5.74, 6) is 0.301. The fourth-order valence-electron chi connectivity index (χ4n) is 4.03. The van der Waals surface area contributed by atoms with Crippen molar-refractivity contribution in [3.05, 3.63) is 71.8 Å². The van der Waals surface area contributed by atoms with Gasteiger partial charge in [-0.2, -0.15) is 0 Å². The lowest BCUT2D eigenvalue weighted by Gasteiger charge is -2.40. The molecular weight excluding hydrogens is 346 g/mol. The molecule has 1 aliphatic rings. The molecule has 1 aliphatic heterocycles. The number of carbonyl (C=O) groups excluding carboxylic acids is 1. The summed E-state index contributed by atoms with van der Waals surface area (Å²) in [5, 5.41) is 3.28. The van der Waals surface area contributed by atoms with E-state index in [1.165, 1.54) is 0 Å². The van der Waals surface area contributed by atoms with Crippen molar-refractivity contribution in [2.45, 2.75) is 25.8 Å². The predicted molar refractivity (Wildman–Crippen MR) is 115 cm³/mol. The van der Waals surface area contributed by atoms with Crippen molar-refractivity contribution in [1.82, 2.24) is 15.1 Å². The number of benzene rings is 2. The van der Waals surface area contributed by atoms with E-state index in [9.17, 15) is 4.79 Å². The zero-order valence-electron chi connectivity index (χ0n) is 17.3. The maximum Gasteiger partial charge on any atom is 0.232 e. The zero-order valence-corrected chi connectivity index (χ0v) is 17.3. The molecular formula is C24H33N3O. The second-order valence-corrected chi connectivity index (χ2v) is 8.15. The summed E-state index contributed by atoms with van der Waals surface area (Å²) in [6.07, 6.45) is 0. The highest BCUT2D eigenvalue weighted by atomic mass is 16.1. The monoisotopic (exact) mass is 379 g/mol. The zero-order chi connectivity index (χ0) is 19.9. The highest BCUT2D eigenvalue weighted by Gasteiger charge is 2.27. The topological polar surface area (TPSA) is 35.6 Å². The van der Waals surface area contributed by atoms with E-state index in [0.717, 1.165) is 37.3 Å². The molecule has 2 aromatic rings. The Bertz CT molecular complexity index is 685. The lowest BCUT2D eigenvalue weighted by molar-refractivity contribution is -0.122. The van der Waals surface area contributed by atoms with Crippen molar-refractivity contribution in [2.24, 2.45) is 5.92 Å². The molecule has 0 aliphatic carbocycles. The summed E-state index contributed by atoms with van der Waals surface area (Å²) in [4.78, 5) is 18.2. The fourth-order valence-corrected chi connectivity index (χ4v) is 4.03. The molecule has 0 aromatic heterocycles. The largest absolute Gasteiger partial charge is 0.354 e. The normalized spacial score (nSPS) is 17.0. The van der Waals surface area contributed by atoms with Crippen LogP contribution in [0.5, 0.6) is 0 Å². The molecule has 150 valence electrons. The van der Waals surface area contributed by atoms with E-state index in [4.69, 9.17) is 0 Å². The molecule has 1 N–H and O–H groups in total. The van der Waals surface area contributed by atoms with Gasteiger partial charge < -0.3 is 10.2 Å². The van der Waals surface area contributed by atoms with Crippen LogP contribution in [-0.4, -0.2) is 61.5 Å². The van der Waals surface area contributed by atoms with Gasteiger partial charge >= 0.3 is 0 Å². The van der Waals surface area contributed by atoms with Crippen molar-refractivity contribution in [1.29, 1.82) is 0 Å². The van der Waals surface area contributed by atoms with E-state index in [-0.39, 0.29) is 11.8 Å². The van der Waals surface area contributed by atoms with Crippen molar-refractivity contribution in [3.63, 3.8) is 0 Å². The Morgan fingerprint density at radius 2 is 1.39 bits per heavy atom. The van der Waals surface area contributed by atoms with E-state index < -0.39 is 0 Å². The van der Waals surface area contributed by atoms with Crippen LogP contribution >= 0.6 is 0 Å². The molecule has 3 rings (SSSR count). The first kappa shape index (κ1) is 20.6. The predicted octanol–water partition coefficient (Wildman–Crippen LogP) is 3.21. The van der Waals surface area contributed by atoms with E-state index in [1.54, 1.807) is 0 Å². The average molecular weight is 380 g/mol. The number of hydrogen-bond donors (Lipinski definition) is 1. The molecule has 0 spiro atoms. The third kappa shape index (κ3) is 5.21. The van der Waals surface area contributed by atoms with Gasteiger partial charge in [-0.05, 0) is 24.1 Å². The second-order valence-electron chi connectivity index (χ2n) is 8.15. The van der Waals surface area contributed by atoms with Gasteiger partial charge in [0, 0.05) is 38.8 Å². The number of hydrogen-bond acceptors (Lipinski definition) is 3. The lowest BCUT2D eigenvalue weighted by Crippen LogP contribution is -2.54. The van der Waals surface area contributed by atoms with Crippen LogP contribution in [0.1, 0.15) is 30.9 Å². The number of likely N-dealkylation sites (N-methyl/N-ethyl adjacent to an activating group) is 1. The van der Waals surface area contributed by atoms with Crippen molar-refractivity contribution < 1.29 is 4.79 Å². The first-order chi connectivity index (χ1) is 13.6. The summed E-state index contributed by atoms with van der Waals surface area (Å²) in [7, 11) is 2.17. The van der Waals surface area contributed by atoms with Crippen molar-refractivity contribution >= 4 is 5.91 Å². The molecule has 28 heavy (non-hydrogen) atoms. The van der Waals surface area contributed by atoms with Crippen molar-refractivity contribution in [2.75, 3.05) is 39.8 Å². The minimum absolute atomic E-state index is 0.0807. The Morgan fingerprint density at radius 1 is 0.893 bits per heavy atom. The van der Waals surface area contributed by atoms with Gasteiger partial charge in [0.1, 0.15) is 0 Å². The van der Waals surface area contributed by atoms with Gasteiger partial charge in [-0.25, -0.2) is 0 Å². The summed E-state index contributed by atoms with van der Waals surface area (Å²) < 4.78 is 0. The Hall–Kier alpha value is -2.17. The number of nitrogens with zero attached hydrogens (tertiary/aromatic N) is 2. The third-order valence-electron chi connectivity index (χ3n) is 5.79. The van der Waals surface area contributed by atoms with Gasteiger partial charge in [0.25, 0.3) is 0 Å². The summed E-state index contributed by atoms with van der Waals surface area (Å²) in [5.41, 5.74) is 2.07. The van der Waals surface area contributed by atoms with Gasteiger partial charge in [-0.15, -0.1) is 0 Å². The van der Waals surface area contributed by atoms with Crippen LogP contribution in [0, 0.1) is 5.92 Å². The average Bonchev–Trinajstić information content (AvgIpc) is 2.71. The fraction of sp³-hybridized carbons (Fsp3) is 0.458. The molecule has 1 saturated heterocycles. The van der Waals surface area contributed by atoms with Crippen LogP contribution < -0.4 is 5.32 Å². The molecule has 4 heteroatoms. The highest BCUT2D eigenvalue weighted by molar-refractivity contribution is 5.87. The number of amides is 1. The molecule has 4 nitrogen and oxygen atoms in total. The standard InChI is InChI=1S/C24H33N3O/c1-19(2)22(27-16-14-26(3)15-17-27)18-25-24(28)23(20-10-6-4-7-11-20)21-12-8-5-9-13-21/h4-13,19,22-23H,14-18H2,1-3H3,(H,25,28).